The van der Waals surface area contributed by atoms with Gasteiger partial charge in [-0.1, -0.05) is 54.4 Å². The summed E-state index contributed by atoms with van der Waals surface area (Å²) in [6.07, 6.45) is 2.22. The maximum Gasteiger partial charge on any atom is 0.257 e. The molecular formula is C22H22Cl2N4O3S. The number of benzene rings is 2. The molecular weight excluding hydrogens is 471 g/mol. The van der Waals surface area contributed by atoms with Crippen molar-refractivity contribution in [3.63, 3.8) is 0 Å². The molecule has 7 nitrogen and oxygen atoms in total. The molecule has 0 unspecified atom stereocenters. The smallest absolute Gasteiger partial charge is 0.257 e. The summed E-state index contributed by atoms with van der Waals surface area (Å²) in [5.74, 6) is -0.151. The Kier molecular flexibility index (Phi) is 6.57. The standard InChI is InChI=1S/C22H22Cl2N4O3S/c1-2-19-17(15-25-28(19)16-7-4-3-5-8-16)22(29)26-11-13-27(14-12-26)32(30,31)20-10-6-9-18(23)21(20)24/h3-10,15H,2,11-14H2,1H3. The summed E-state index contributed by atoms with van der Waals surface area (Å²) < 4.78 is 29.2. The van der Waals surface area contributed by atoms with E-state index in [2.05, 4.69) is 5.10 Å². The van der Waals surface area contributed by atoms with Gasteiger partial charge in [0.2, 0.25) is 10.0 Å². The molecule has 0 atom stereocenters. The molecule has 1 amide bonds. The number of hydrogen-bond donors (Lipinski definition) is 0. The van der Waals surface area contributed by atoms with Gasteiger partial charge in [0.05, 0.1) is 33.2 Å². The third kappa shape index (κ3) is 4.15. The van der Waals surface area contributed by atoms with Crippen molar-refractivity contribution in [1.82, 2.24) is 19.0 Å². The monoisotopic (exact) mass is 492 g/mol. The van der Waals surface area contributed by atoms with Crippen molar-refractivity contribution in [1.29, 1.82) is 0 Å². The molecule has 32 heavy (non-hydrogen) atoms. The van der Waals surface area contributed by atoms with E-state index in [-0.39, 0.29) is 47.0 Å². The quantitative estimate of drug-likeness (QED) is 0.541. The molecule has 2 aromatic carbocycles. The normalized spacial score (nSPS) is 15.2. The predicted molar refractivity (Wildman–Crippen MR) is 124 cm³/mol. The molecule has 2 heterocycles. The van der Waals surface area contributed by atoms with Crippen molar-refractivity contribution < 1.29 is 13.2 Å². The van der Waals surface area contributed by atoms with Gasteiger partial charge in [0.25, 0.3) is 5.91 Å². The van der Waals surface area contributed by atoms with Crippen LogP contribution in [0.4, 0.5) is 0 Å². The summed E-state index contributed by atoms with van der Waals surface area (Å²) in [6.45, 7) is 2.87. The zero-order valence-electron chi connectivity index (χ0n) is 17.4. The number of para-hydroxylation sites is 1. The number of piperazine rings is 1. The van der Waals surface area contributed by atoms with Gasteiger partial charge in [-0.05, 0) is 30.7 Å². The first-order chi connectivity index (χ1) is 15.3. The molecule has 10 heteroatoms. The molecule has 1 aliphatic rings. The lowest BCUT2D eigenvalue weighted by atomic mass is 10.1. The second-order valence-electron chi connectivity index (χ2n) is 7.35. The SMILES string of the molecule is CCc1c(C(=O)N2CCN(S(=O)(=O)c3cccc(Cl)c3Cl)CC2)cnn1-c1ccccc1. The molecule has 3 aromatic rings. The van der Waals surface area contributed by atoms with Crippen LogP contribution in [0.25, 0.3) is 5.69 Å². The Hall–Kier alpha value is -2.39. The molecule has 1 fully saturated rings. The molecule has 0 radical (unpaired) electrons. The molecule has 1 aliphatic heterocycles. The van der Waals surface area contributed by atoms with Gasteiger partial charge in [-0.3, -0.25) is 4.79 Å². The maximum atomic E-state index is 13.2. The first kappa shape index (κ1) is 22.8. The van der Waals surface area contributed by atoms with Crippen LogP contribution >= 0.6 is 23.2 Å². The minimum absolute atomic E-state index is 0.00795. The number of carbonyl (C=O) groups excluding carboxylic acids is 1. The zero-order valence-corrected chi connectivity index (χ0v) is 19.7. The average Bonchev–Trinajstić information content (AvgIpc) is 3.25. The van der Waals surface area contributed by atoms with Crippen LogP contribution in [-0.2, 0) is 16.4 Å². The summed E-state index contributed by atoms with van der Waals surface area (Å²) in [5.41, 5.74) is 2.24. The fourth-order valence-corrected chi connectivity index (χ4v) is 5.97. The Morgan fingerprint density at radius 3 is 2.34 bits per heavy atom. The lowest BCUT2D eigenvalue weighted by molar-refractivity contribution is 0.0696. The highest BCUT2D eigenvalue weighted by molar-refractivity contribution is 7.89. The van der Waals surface area contributed by atoms with Crippen molar-refractivity contribution in [2.45, 2.75) is 18.2 Å². The fraction of sp³-hybridized carbons (Fsp3) is 0.273. The first-order valence-corrected chi connectivity index (χ1v) is 12.4. The van der Waals surface area contributed by atoms with Crippen LogP contribution in [0.5, 0.6) is 0 Å². The highest BCUT2D eigenvalue weighted by Gasteiger charge is 2.33. The van der Waals surface area contributed by atoms with E-state index in [9.17, 15) is 13.2 Å². The van der Waals surface area contributed by atoms with Gasteiger partial charge in [0.15, 0.2) is 0 Å². The third-order valence-corrected chi connectivity index (χ3v) is 8.37. The third-order valence-electron chi connectivity index (χ3n) is 5.49. The molecule has 0 aliphatic carbocycles. The summed E-state index contributed by atoms with van der Waals surface area (Å²) in [5, 5.41) is 4.61. The summed E-state index contributed by atoms with van der Waals surface area (Å²) >= 11 is 12.1. The van der Waals surface area contributed by atoms with Gasteiger partial charge in [0.1, 0.15) is 4.90 Å². The lowest BCUT2D eigenvalue weighted by Gasteiger charge is -2.34. The topological polar surface area (TPSA) is 75.5 Å². The Morgan fingerprint density at radius 2 is 1.69 bits per heavy atom. The highest BCUT2D eigenvalue weighted by atomic mass is 35.5. The van der Waals surface area contributed by atoms with E-state index >= 15 is 0 Å². The van der Waals surface area contributed by atoms with Crippen LogP contribution in [0.3, 0.4) is 0 Å². The lowest BCUT2D eigenvalue weighted by Crippen LogP contribution is -2.50. The van der Waals surface area contributed by atoms with Gasteiger partial charge in [-0.15, -0.1) is 0 Å². The van der Waals surface area contributed by atoms with Crippen molar-refractivity contribution in [3.8, 4) is 5.69 Å². The van der Waals surface area contributed by atoms with Crippen LogP contribution < -0.4 is 0 Å². The summed E-state index contributed by atoms with van der Waals surface area (Å²) in [4.78, 5) is 14.9. The molecule has 1 aromatic heterocycles. The summed E-state index contributed by atoms with van der Waals surface area (Å²) in [6, 6.07) is 14.2. The fourth-order valence-electron chi connectivity index (χ4n) is 3.81. The van der Waals surface area contributed by atoms with Crippen molar-refractivity contribution >= 4 is 39.1 Å². The number of aromatic nitrogens is 2. The molecule has 4 rings (SSSR count). The maximum absolute atomic E-state index is 13.2. The van der Waals surface area contributed by atoms with E-state index in [0.29, 0.717) is 12.0 Å². The molecule has 0 spiro atoms. The Labute approximate surface area is 197 Å². The van der Waals surface area contributed by atoms with E-state index in [1.54, 1.807) is 27.9 Å². The van der Waals surface area contributed by atoms with Crippen molar-refractivity contribution in [2.24, 2.45) is 0 Å². The first-order valence-electron chi connectivity index (χ1n) is 10.2. The van der Waals surface area contributed by atoms with Crippen molar-refractivity contribution in [2.75, 3.05) is 26.2 Å². The predicted octanol–water partition coefficient (Wildman–Crippen LogP) is 3.89. The molecule has 0 saturated carbocycles. The van der Waals surface area contributed by atoms with Crippen LogP contribution in [0.2, 0.25) is 10.0 Å². The van der Waals surface area contributed by atoms with Gasteiger partial charge in [0, 0.05) is 26.2 Å². The van der Waals surface area contributed by atoms with Gasteiger partial charge >= 0.3 is 0 Å². The van der Waals surface area contributed by atoms with Crippen LogP contribution in [0, 0.1) is 0 Å². The van der Waals surface area contributed by atoms with E-state index in [4.69, 9.17) is 23.2 Å². The minimum atomic E-state index is -3.81. The molecule has 1 saturated heterocycles. The molecule has 168 valence electrons. The van der Waals surface area contributed by atoms with Crippen LogP contribution in [0.1, 0.15) is 23.0 Å². The Bertz CT molecular complexity index is 1240. The van der Waals surface area contributed by atoms with Crippen LogP contribution in [-0.4, -0.2) is 59.5 Å². The number of halogens is 2. The van der Waals surface area contributed by atoms with E-state index in [1.165, 1.54) is 10.4 Å². The highest BCUT2D eigenvalue weighted by Crippen LogP contribution is 2.31. The number of nitrogens with zero attached hydrogens (tertiary/aromatic N) is 4. The van der Waals surface area contributed by atoms with Crippen molar-refractivity contribution in [3.05, 3.63) is 76.0 Å². The van der Waals surface area contributed by atoms with Gasteiger partial charge < -0.3 is 4.90 Å². The molecule has 0 N–H and O–H groups in total. The second kappa shape index (κ2) is 9.23. The Balaban J connectivity index is 1.51. The zero-order chi connectivity index (χ0) is 22.9. The number of rotatable bonds is 5. The summed E-state index contributed by atoms with van der Waals surface area (Å²) in [7, 11) is -3.81. The number of carbonyl (C=O) groups is 1. The number of amides is 1. The minimum Gasteiger partial charge on any atom is -0.336 e. The number of sulfonamides is 1. The van der Waals surface area contributed by atoms with Gasteiger partial charge in [-0.2, -0.15) is 9.40 Å². The average molecular weight is 493 g/mol. The Morgan fingerprint density at radius 1 is 1.00 bits per heavy atom. The van der Waals surface area contributed by atoms with E-state index < -0.39 is 10.0 Å². The number of hydrogen-bond acceptors (Lipinski definition) is 4. The van der Waals surface area contributed by atoms with Gasteiger partial charge in [-0.25, -0.2) is 13.1 Å². The molecule has 0 bridgehead atoms. The van der Waals surface area contributed by atoms with E-state index in [0.717, 1.165) is 11.4 Å². The largest absolute Gasteiger partial charge is 0.336 e. The van der Waals surface area contributed by atoms with E-state index in [1.807, 2.05) is 37.3 Å². The van der Waals surface area contributed by atoms with Crippen LogP contribution in [0.15, 0.2) is 59.6 Å². The second-order valence-corrected chi connectivity index (χ2v) is 10.0.